The van der Waals surface area contributed by atoms with E-state index in [9.17, 15) is 9.59 Å². The van der Waals surface area contributed by atoms with Crippen molar-refractivity contribution in [2.24, 2.45) is 0 Å². The number of carbonyl (C=O) groups is 2. The minimum atomic E-state index is -0.323. The minimum absolute atomic E-state index is 0.0997. The molecule has 0 saturated heterocycles. The van der Waals surface area contributed by atoms with E-state index in [4.69, 9.17) is 4.42 Å². The van der Waals surface area contributed by atoms with Gasteiger partial charge in [0, 0.05) is 5.56 Å². The van der Waals surface area contributed by atoms with Crippen LogP contribution in [0.4, 0.5) is 5.69 Å². The summed E-state index contributed by atoms with van der Waals surface area (Å²) in [7, 11) is 3.89. The molecule has 3 rings (SSSR count). The Morgan fingerprint density at radius 3 is 2.56 bits per heavy atom. The highest BCUT2D eigenvalue weighted by molar-refractivity contribution is 6.11. The van der Waals surface area contributed by atoms with E-state index in [0.717, 1.165) is 5.56 Å². The van der Waals surface area contributed by atoms with Crippen molar-refractivity contribution in [1.29, 1.82) is 0 Å². The number of likely N-dealkylation sites (N-methyl/N-ethyl adjacent to an activating group) is 1. The molecule has 0 spiro atoms. The normalized spacial score (nSPS) is 12.0. The number of para-hydroxylation sites is 1. The zero-order chi connectivity index (χ0) is 19.2. The molecule has 1 atom stereocenters. The van der Waals surface area contributed by atoms with Crippen LogP contribution < -0.4 is 5.32 Å². The number of aromatic nitrogens is 1. The van der Waals surface area contributed by atoms with E-state index >= 15 is 0 Å². The number of rotatable bonds is 8. The van der Waals surface area contributed by atoms with Crippen LogP contribution in [0.15, 0.2) is 65.2 Å². The largest absolute Gasteiger partial charge is 0.435 e. The molecule has 27 heavy (non-hydrogen) atoms. The maximum atomic E-state index is 12.8. The van der Waals surface area contributed by atoms with Crippen molar-refractivity contribution >= 4 is 17.9 Å². The van der Waals surface area contributed by atoms with Gasteiger partial charge in [0.1, 0.15) is 0 Å². The van der Waals surface area contributed by atoms with E-state index in [1.165, 1.54) is 6.20 Å². The molecule has 0 aliphatic heterocycles. The summed E-state index contributed by atoms with van der Waals surface area (Å²) in [6, 6.07) is 16.7. The number of nitrogens with zero attached hydrogens (tertiary/aromatic N) is 2. The number of amides is 1. The molecule has 0 radical (unpaired) electrons. The van der Waals surface area contributed by atoms with Gasteiger partial charge in [-0.05, 0) is 38.2 Å². The second kappa shape index (κ2) is 8.42. The second-order valence-electron chi connectivity index (χ2n) is 6.37. The summed E-state index contributed by atoms with van der Waals surface area (Å²) in [4.78, 5) is 29.9. The van der Waals surface area contributed by atoms with Crippen molar-refractivity contribution in [3.05, 3.63) is 83.6 Å². The number of carbonyl (C=O) groups excluding carboxylic acids is 2. The molecule has 2 aromatic carbocycles. The number of hydrogen-bond donors (Lipinski definition) is 1. The van der Waals surface area contributed by atoms with E-state index in [2.05, 4.69) is 10.3 Å². The van der Waals surface area contributed by atoms with Gasteiger partial charge in [0.05, 0.1) is 17.9 Å². The molecule has 0 saturated carbocycles. The number of hydrogen-bond acceptors (Lipinski definition) is 5. The van der Waals surface area contributed by atoms with Gasteiger partial charge in [-0.25, -0.2) is 4.98 Å². The van der Waals surface area contributed by atoms with Gasteiger partial charge in [0.15, 0.2) is 5.76 Å². The van der Waals surface area contributed by atoms with Gasteiger partial charge in [-0.2, -0.15) is 0 Å². The molecule has 1 amide bonds. The fraction of sp³-hybridized carbons (Fsp3) is 0.190. The van der Waals surface area contributed by atoms with Crippen LogP contribution in [0.5, 0.6) is 0 Å². The smallest absolute Gasteiger partial charge is 0.231 e. The monoisotopic (exact) mass is 363 g/mol. The Bertz CT molecular complexity index is 919. The molecular weight excluding hydrogens is 342 g/mol. The van der Waals surface area contributed by atoms with Gasteiger partial charge in [-0.3, -0.25) is 14.5 Å². The number of nitrogens with one attached hydrogen (secondary N) is 1. The fourth-order valence-corrected chi connectivity index (χ4v) is 2.88. The Hall–Kier alpha value is -3.25. The van der Waals surface area contributed by atoms with Crippen LogP contribution in [0.3, 0.4) is 0 Å². The first-order valence-electron chi connectivity index (χ1n) is 8.60. The van der Waals surface area contributed by atoms with E-state index in [1.807, 2.05) is 49.3 Å². The lowest BCUT2D eigenvalue weighted by Crippen LogP contribution is -2.22. The van der Waals surface area contributed by atoms with Crippen LogP contribution in [0.25, 0.3) is 0 Å². The molecule has 0 aliphatic rings. The van der Waals surface area contributed by atoms with E-state index in [-0.39, 0.29) is 17.6 Å². The molecular formula is C21H21N3O3. The van der Waals surface area contributed by atoms with Crippen molar-refractivity contribution in [2.75, 3.05) is 19.4 Å². The van der Waals surface area contributed by atoms with Gasteiger partial charge in [-0.15, -0.1) is 0 Å². The zero-order valence-corrected chi connectivity index (χ0v) is 15.3. The van der Waals surface area contributed by atoms with Gasteiger partial charge >= 0.3 is 0 Å². The quantitative estimate of drug-likeness (QED) is 0.491. The van der Waals surface area contributed by atoms with Crippen LogP contribution in [-0.2, 0) is 11.2 Å². The first kappa shape index (κ1) is 18.5. The van der Waals surface area contributed by atoms with Crippen LogP contribution in [-0.4, -0.2) is 36.2 Å². The van der Waals surface area contributed by atoms with Gasteiger partial charge in [-0.1, -0.05) is 42.5 Å². The molecule has 3 aromatic rings. The van der Waals surface area contributed by atoms with Crippen LogP contribution in [0.2, 0.25) is 0 Å². The van der Waals surface area contributed by atoms with Crippen LogP contribution in [0, 0.1) is 0 Å². The van der Waals surface area contributed by atoms with Crippen LogP contribution >= 0.6 is 0 Å². The fourth-order valence-electron chi connectivity index (χ4n) is 2.88. The highest BCUT2D eigenvalue weighted by Gasteiger charge is 2.24. The zero-order valence-electron chi connectivity index (χ0n) is 15.3. The van der Waals surface area contributed by atoms with Crippen molar-refractivity contribution in [2.45, 2.75) is 12.5 Å². The van der Waals surface area contributed by atoms with Crippen molar-refractivity contribution in [3.8, 4) is 0 Å². The third kappa shape index (κ3) is 4.30. The van der Waals surface area contributed by atoms with E-state index in [0.29, 0.717) is 30.0 Å². The first-order valence-corrected chi connectivity index (χ1v) is 8.60. The molecule has 1 unspecified atom stereocenters. The summed E-state index contributed by atoms with van der Waals surface area (Å²) in [6.45, 7) is 0. The molecule has 1 heterocycles. The summed E-state index contributed by atoms with van der Waals surface area (Å²) < 4.78 is 5.81. The molecule has 1 aromatic heterocycles. The lowest BCUT2D eigenvalue weighted by atomic mass is 10.1. The standard InChI is InChI=1S/C21H21N3O3/c1-24(2)18(12-15-8-4-3-5-9-15)21-22-13-19(27-21)20(26)16-10-6-7-11-17(16)23-14-25/h3-11,13-14,18H,12H2,1-2H3,(H,23,25). The Morgan fingerprint density at radius 2 is 1.85 bits per heavy atom. The van der Waals surface area contributed by atoms with Gasteiger partial charge in [0.25, 0.3) is 0 Å². The van der Waals surface area contributed by atoms with E-state index < -0.39 is 0 Å². The maximum absolute atomic E-state index is 12.8. The lowest BCUT2D eigenvalue weighted by molar-refractivity contribution is -0.105. The highest BCUT2D eigenvalue weighted by Crippen LogP contribution is 2.25. The van der Waals surface area contributed by atoms with Gasteiger partial charge in [0.2, 0.25) is 18.1 Å². The Balaban J connectivity index is 1.86. The second-order valence-corrected chi connectivity index (χ2v) is 6.37. The topological polar surface area (TPSA) is 75.4 Å². The maximum Gasteiger partial charge on any atom is 0.231 e. The molecule has 6 nitrogen and oxygen atoms in total. The summed E-state index contributed by atoms with van der Waals surface area (Å²) in [6.07, 6.45) is 2.70. The SMILES string of the molecule is CN(C)C(Cc1ccccc1)c1ncc(C(=O)c2ccccc2NC=O)o1. The third-order valence-electron chi connectivity index (χ3n) is 4.31. The average Bonchev–Trinajstić information content (AvgIpc) is 3.16. The van der Waals surface area contributed by atoms with E-state index in [1.54, 1.807) is 24.3 Å². The van der Waals surface area contributed by atoms with Gasteiger partial charge < -0.3 is 9.73 Å². The molecule has 0 fully saturated rings. The molecule has 1 N–H and O–H groups in total. The molecule has 0 aliphatic carbocycles. The summed E-state index contributed by atoms with van der Waals surface area (Å²) in [5.41, 5.74) is 1.95. The average molecular weight is 363 g/mol. The predicted molar refractivity (Wildman–Crippen MR) is 103 cm³/mol. The first-order chi connectivity index (χ1) is 13.1. The van der Waals surface area contributed by atoms with Crippen LogP contribution in [0.1, 0.15) is 33.6 Å². The number of anilines is 1. The number of benzene rings is 2. The number of oxazole rings is 1. The Morgan fingerprint density at radius 1 is 1.15 bits per heavy atom. The van der Waals surface area contributed by atoms with Crippen molar-refractivity contribution < 1.29 is 14.0 Å². The molecule has 6 heteroatoms. The Labute approximate surface area is 157 Å². The summed E-state index contributed by atoms with van der Waals surface area (Å²) in [5, 5.41) is 2.54. The highest BCUT2D eigenvalue weighted by atomic mass is 16.4. The Kier molecular flexibility index (Phi) is 5.78. The third-order valence-corrected chi connectivity index (χ3v) is 4.31. The number of ketones is 1. The lowest BCUT2D eigenvalue weighted by Gasteiger charge is -2.21. The minimum Gasteiger partial charge on any atom is -0.435 e. The van der Waals surface area contributed by atoms with Crippen molar-refractivity contribution in [3.63, 3.8) is 0 Å². The predicted octanol–water partition coefficient (Wildman–Crippen LogP) is 3.32. The molecule has 138 valence electrons. The van der Waals surface area contributed by atoms with Crippen molar-refractivity contribution in [1.82, 2.24) is 9.88 Å². The summed E-state index contributed by atoms with van der Waals surface area (Å²) in [5.74, 6) is 0.300. The molecule has 0 bridgehead atoms. The summed E-state index contributed by atoms with van der Waals surface area (Å²) >= 11 is 0.